The average molecular weight is 249 g/mol. The third-order valence-electron chi connectivity index (χ3n) is 4.58. The highest BCUT2D eigenvalue weighted by Crippen LogP contribution is 2.39. The van der Waals surface area contributed by atoms with Gasteiger partial charge in [-0.25, -0.2) is 0 Å². The van der Waals surface area contributed by atoms with Gasteiger partial charge >= 0.3 is 0 Å². The molecule has 4 nitrogen and oxygen atoms in total. The van der Waals surface area contributed by atoms with E-state index in [0.717, 1.165) is 26.3 Å². The van der Waals surface area contributed by atoms with Crippen LogP contribution in [0.5, 0.6) is 0 Å². The van der Waals surface area contributed by atoms with Gasteiger partial charge in [-0.15, -0.1) is 0 Å². The summed E-state index contributed by atoms with van der Waals surface area (Å²) in [6, 6.07) is 2.21. The molecule has 1 aromatic rings. The monoisotopic (exact) mass is 249 g/mol. The fourth-order valence-electron chi connectivity index (χ4n) is 3.15. The zero-order valence-corrected chi connectivity index (χ0v) is 11.1. The van der Waals surface area contributed by atoms with Crippen molar-refractivity contribution >= 4 is 0 Å². The second-order valence-electron chi connectivity index (χ2n) is 5.70. The van der Waals surface area contributed by atoms with E-state index in [1.54, 1.807) is 0 Å². The van der Waals surface area contributed by atoms with Gasteiger partial charge in [-0.2, -0.15) is 0 Å². The number of H-pyrrole nitrogens is 1. The summed E-state index contributed by atoms with van der Waals surface area (Å²) in [4.78, 5) is 5.76. The number of nitrogens with zero attached hydrogens (tertiary/aromatic N) is 1. The molecule has 2 saturated heterocycles. The summed E-state index contributed by atoms with van der Waals surface area (Å²) >= 11 is 0. The van der Waals surface area contributed by atoms with Gasteiger partial charge in [0, 0.05) is 50.5 Å². The molecule has 1 unspecified atom stereocenters. The van der Waals surface area contributed by atoms with Crippen LogP contribution in [0.2, 0.25) is 0 Å². The first-order valence-corrected chi connectivity index (χ1v) is 6.95. The molecule has 2 aliphatic heterocycles. The number of aromatic amines is 1. The molecule has 1 aromatic heterocycles. The van der Waals surface area contributed by atoms with Gasteiger partial charge in [0.25, 0.3) is 0 Å². The zero-order valence-electron chi connectivity index (χ0n) is 11.1. The van der Waals surface area contributed by atoms with Crippen LogP contribution in [0.3, 0.4) is 0 Å². The molecule has 18 heavy (non-hydrogen) atoms. The first-order chi connectivity index (χ1) is 8.81. The predicted octanol–water partition coefficient (Wildman–Crippen LogP) is 0.824. The fraction of sp³-hybridized carbons (Fsp3) is 0.714. The SMILES string of the molecule is CC(CN1CCNCC1)C1(c2cc[nH]c2)COC1. The van der Waals surface area contributed by atoms with Crippen molar-refractivity contribution in [3.63, 3.8) is 0 Å². The third kappa shape index (κ3) is 2.09. The molecule has 1 atom stereocenters. The Labute approximate surface area is 109 Å². The number of rotatable bonds is 4. The van der Waals surface area contributed by atoms with Gasteiger partial charge in [-0.1, -0.05) is 6.92 Å². The molecular formula is C14H23N3O. The van der Waals surface area contributed by atoms with Crippen LogP contribution in [0, 0.1) is 5.92 Å². The van der Waals surface area contributed by atoms with Crippen LogP contribution in [0.4, 0.5) is 0 Å². The number of aromatic nitrogens is 1. The molecule has 2 N–H and O–H groups in total. The van der Waals surface area contributed by atoms with Crippen LogP contribution < -0.4 is 5.32 Å². The molecule has 3 heterocycles. The highest BCUT2D eigenvalue weighted by molar-refractivity contribution is 5.26. The van der Waals surface area contributed by atoms with E-state index < -0.39 is 0 Å². The standard InChI is InChI=1S/C14H23N3O/c1-12(9-17-6-4-15-5-7-17)14(10-18-11-14)13-2-3-16-8-13/h2-3,8,12,15-16H,4-7,9-11H2,1H3. The summed E-state index contributed by atoms with van der Waals surface area (Å²) < 4.78 is 5.53. The van der Waals surface area contributed by atoms with Crippen LogP contribution in [-0.4, -0.2) is 55.8 Å². The largest absolute Gasteiger partial charge is 0.379 e. The van der Waals surface area contributed by atoms with E-state index in [4.69, 9.17) is 4.74 Å². The quantitative estimate of drug-likeness (QED) is 0.830. The average Bonchev–Trinajstić information content (AvgIpc) is 2.83. The lowest BCUT2D eigenvalue weighted by molar-refractivity contribution is -0.0925. The van der Waals surface area contributed by atoms with Crippen molar-refractivity contribution in [1.29, 1.82) is 0 Å². The first kappa shape index (κ1) is 12.2. The smallest absolute Gasteiger partial charge is 0.0589 e. The summed E-state index contributed by atoms with van der Waals surface area (Å²) in [5.74, 6) is 0.639. The van der Waals surface area contributed by atoms with E-state index in [9.17, 15) is 0 Å². The van der Waals surface area contributed by atoms with Crippen molar-refractivity contribution < 1.29 is 4.74 Å². The van der Waals surface area contributed by atoms with E-state index >= 15 is 0 Å². The molecule has 0 aromatic carbocycles. The lowest BCUT2D eigenvalue weighted by Crippen LogP contribution is -2.55. The molecule has 100 valence electrons. The third-order valence-corrected chi connectivity index (χ3v) is 4.58. The summed E-state index contributed by atoms with van der Waals surface area (Å²) in [7, 11) is 0. The predicted molar refractivity (Wildman–Crippen MR) is 71.8 cm³/mol. The molecule has 2 aliphatic rings. The van der Waals surface area contributed by atoms with Gasteiger partial charge in [-0.05, 0) is 17.5 Å². The molecule has 0 radical (unpaired) electrons. The van der Waals surface area contributed by atoms with Crippen molar-refractivity contribution in [1.82, 2.24) is 15.2 Å². The molecule has 0 bridgehead atoms. The highest BCUT2D eigenvalue weighted by Gasteiger charge is 2.45. The van der Waals surface area contributed by atoms with Crippen molar-refractivity contribution in [2.75, 3.05) is 45.9 Å². The number of nitrogens with one attached hydrogen (secondary N) is 2. The Hall–Kier alpha value is -0.840. The molecule has 0 amide bonds. The maximum absolute atomic E-state index is 5.53. The maximum atomic E-state index is 5.53. The van der Waals surface area contributed by atoms with E-state index in [1.807, 2.05) is 6.20 Å². The minimum absolute atomic E-state index is 0.241. The van der Waals surface area contributed by atoms with Gasteiger partial charge < -0.3 is 19.9 Å². The summed E-state index contributed by atoms with van der Waals surface area (Å²) in [6.45, 7) is 9.90. The van der Waals surface area contributed by atoms with E-state index in [-0.39, 0.29) is 5.41 Å². The van der Waals surface area contributed by atoms with Crippen LogP contribution in [-0.2, 0) is 10.2 Å². The number of hydrogen-bond acceptors (Lipinski definition) is 3. The molecule has 3 rings (SSSR count). The van der Waals surface area contributed by atoms with Gasteiger partial charge in [0.15, 0.2) is 0 Å². The Bertz CT molecular complexity index is 366. The number of hydrogen-bond donors (Lipinski definition) is 2. The van der Waals surface area contributed by atoms with Gasteiger partial charge in [-0.3, -0.25) is 0 Å². The number of ether oxygens (including phenoxy) is 1. The second kappa shape index (κ2) is 5.03. The molecule has 0 saturated carbocycles. The molecule has 2 fully saturated rings. The second-order valence-corrected chi connectivity index (χ2v) is 5.70. The minimum atomic E-state index is 0.241. The first-order valence-electron chi connectivity index (χ1n) is 6.95. The summed E-state index contributed by atoms with van der Waals surface area (Å²) in [5.41, 5.74) is 1.65. The minimum Gasteiger partial charge on any atom is -0.379 e. The van der Waals surface area contributed by atoms with Gasteiger partial charge in [0.05, 0.1) is 13.2 Å². The maximum Gasteiger partial charge on any atom is 0.0589 e. The van der Waals surface area contributed by atoms with Crippen LogP contribution in [0.15, 0.2) is 18.5 Å². The van der Waals surface area contributed by atoms with Crippen LogP contribution in [0.25, 0.3) is 0 Å². The molecule has 0 aliphatic carbocycles. The Balaban J connectivity index is 1.68. The Morgan fingerprint density at radius 1 is 1.39 bits per heavy atom. The molecule has 0 spiro atoms. The highest BCUT2D eigenvalue weighted by atomic mass is 16.5. The molecule has 4 heteroatoms. The Morgan fingerprint density at radius 2 is 2.17 bits per heavy atom. The lowest BCUT2D eigenvalue weighted by Gasteiger charge is -2.47. The van der Waals surface area contributed by atoms with Gasteiger partial charge in [0.2, 0.25) is 0 Å². The van der Waals surface area contributed by atoms with Crippen molar-refractivity contribution in [2.45, 2.75) is 12.3 Å². The van der Waals surface area contributed by atoms with Crippen molar-refractivity contribution in [2.24, 2.45) is 5.92 Å². The normalized spacial score (nSPS) is 25.6. The Morgan fingerprint density at radius 3 is 2.72 bits per heavy atom. The van der Waals surface area contributed by atoms with Crippen LogP contribution in [0.1, 0.15) is 12.5 Å². The van der Waals surface area contributed by atoms with Gasteiger partial charge in [0.1, 0.15) is 0 Å². The van der Waals surface area contributed by atoms with E-state index in [1.165, 1.54) is 25.2 Å². The fourth-order valence-corrected chi connectivity index (χ4v) is 3.15. The zero-order chi connectivity index (χ0) is 12.4. The van der Waals surface area contributed by atoms with E-state index in [2.05, 4.69) is 34.4 Å². The lowest BCUT2D eigenvalue weighted by atomic mass is 9.70. The molecular weight excluding hydrogens is 226 g/mol. The number of piperazine rings is 1. The Kier molecular flexibility index (Phi) is 3.41. The topological polar surface area (TPSA) is 40.3 Å². The van der Waals surface area contributed by atoms with Crippen molar-refractivity contribution in [3.05, 3.63) is 24.0 Å². The van der Waals surface area contributed by atoms with Crippen molar-refractivity contribution in [3.8, 4) is 0 Å². The van der Waals surface area contributed by atoms with Crippen LogP contribution >= 0.6 is 0 Å². The summed E-state index contributed by atoms with van der Waals surface area (Å²) in [6.07, 6.45) is 4.16. The van der Waals surface area contributed by atoms with E-state index in [0.29, 0.717) is 5.92 Å². The summed E-state index contributed by atoms with van der Waals surface area (Å²) in [5, 5.41) is 3.41.